The Bertz CT molecular complexity index is 353. The topological polar surface area (TPSA) is 51.0 Å². The molecule has 1 aromatic heterocycles. The highest BCUT2D eigenvalue weighted by Crippen LogP contribution is 2.18. The van der Waals surface area contributed by atoms with Gasteiger partial charge in [-0.3, -0.25) is 0 Å². The fourth-order valence-electron chi connectivity index (χ4n) is 1.73. The molecule has 2 heterocycles. The summed E-state index contributed by atoms with van der Waals surface area (Å²) in [5, 5.41) is 8.18. The maximum atomic E-state index is 5.31. The molecule has 1 saturated heterocycles. The summed E-state index contributed by atoms with van der Waals surface area (Å²) in [4.78, 5) is 4.46. The summed E-state index contributed by atoms with van der Waals surface area (Å²) < 4.78 is 5.31. The van der Waals surface area contributed by atoms with Gasteiger partial charge in [0.05, 0.1) is 5.75 Å². The zero-order chi connectivity index (χ0) is 12.8. The summed E-state index contributed by atoms with van der Waals surface area (Å²) in [5.41, 5.74) is 0. The standard InChI is InChI=1S/C12H21N3OS2/c1-3-9(2)18-8-11-14-12(16-15-11)6-10-7-17-5-4-13-10/h9-10,13H,3-8H2,1-2H3. The first kappa shape index (κ1) is 14.2. The maximum Gasteiger partial charge on any atom is 0.228 e. The van der Waals surface area contributed by atoms with E-state index in [9.17, 15) is 0 Å². The van der Waals surface area contributed by atoms with Crippen molar-refractivity contribution in [2.75, 3.05) is 18.1 Å². The van der Waals surface area contributed by atoms with Crippen LogP contribution in [0.5, 0.6) is 0 Å². The quantitative estimate of drug-likeness (QED) is 0.867. The first-order valence-electron chi connectivity index (χ1n) is 6.52. The summed E-state index contributed by atoms with van der Waals surface area (Å²) in [7, 11) is 0. The molecule has 0 aliphatic carbocycles. The Morgan fingerprint density at radius 3 is 3.22 bits per heavy atom. The average Bonchev–Trinajstić information content (AvgIpc) is 2.85. The van der Waals surface area contributed by atoms with Gasteiger partial charge in [-0.1, -0.05) is 19.0 Å². The lowest BCUT2D eigenvalue weighted by Gasteiger charge is -2.21. The van der Waals surface area contributed by atoms with Gasteiger partial charge in [0.1, 0.15) is 0 Å². The van der Waals surface area contributed by atoms with Crippen molar-refractivity contribution in [3.63, 3.8) is 0 Å². The molecule has 6 heteroatoms. The Morgan fingerprint density at radius 1 is 1.61 bits per heavy atom. The minimum atomic E-state index is 0.485. The summed E-state index contributed by atoms with van der Waals surface area (Å²) in [5.74, 6) is 4.80. The Labute approximate surface area is 117 Å². The smallest absolute Gasteiger partial charge is 0.228 e. The van der Waals surface area contributed by atoms with E-state index < -0.39 is 0 Å². The van der Waals surface area contributed by atoms with Crippen molar-refractivity contribution in [1.82, 2.24) is 15.5 Å². The lowest BCUT2D eigenvalue weighted by molar-refractivity contribution is 0.359. The van der Waals surface area contributed by atoms with Crippen LogP contribution in [0.15, 0.2) is 4.52 Å². The predicted octanol–water partition coefficient (Wildman–Crippen LogP) is 2.35. The molecule has 0 amide bonds. The van der Waals surface area contributed by atoms with Crippen molar-refractivity contribution >= 4 is 23.5 Å². The van der Waals surface area contributed by atoms with Crippen molar-refractivity contribution in [1.29, 1.82) is 0 Å². The van der Waals surface area contributed by atoms with Crippen molar-refractivity contribution in [3.05, 3.63) is 11.7 Å². The van der Waals surface area contributed by atoms with Gasteiger partial charge in [-0.05, 0) is 6.42 Å². The zero-order valence-corrected chi connectivity index (χ0v) is 12.6. The van der Waals surface area contributed by atoms with E-state index in [1.54, 1.807) is 0 Å². The van der Waals surface area contributed by atoms with Gasteiger partial charge < -0.3 is 9.84 Å². The van der Waals surface area contributed by atoms with Gasteiger partial charge in [0.25, 0.3) is 0 Å². The molecule has 0 saturated carbocycles. The number of aromatic nitrogens is 2. The molecule has 2 unspecified atom stereocenters. The maximum absolute atomic E-state index is 5.31. The van der Waals surface area contributed by atoms with Crippen LogP contribution in [0.25, 0.3) is 0 Å². The number of rotatable bonds is 6. The van der Waals surface area contributed by atoms with Gasteiger partial charge >= 0.3 is 0 Å². The largest absolute Gasteiger partial charge is 0.339 e. The van der Waals surface area contributed by atoms with Crippen LogP contribution in [0.4, 0.5) is 0 Å². The monoisotopic (exact) mass is 287 g/mol. The number of nitrogens with one attached hydrogen (secondary N) is 1. The normalized spacial score (nSPS) is 22.0. The highest BCUT2D eigenvalue weighted by molar-refractivity contribution is 7.99. The molecule has 1 aromatic rings. The summed E-state index contributed by atoms with van der Waals surface area (Å²) in [6, 6.07) is 0.485. The molecular formula is C12H21N3OS2. The SMILES string of the molecule is CCC(C)SCc1noc(CC2CSCCN2)n1. The predicted molar refractivity (Wildman–Crippen MR) is 78.2 cm³/mol. The Kier molecular flexibility index (Phi) is 5.85. The zero-order valence-electron chi connectivity index (χ0n) is 11.0. The van der Waals surface area contributed by atoms with E-state index in [-0.39, 0.29) is 0 Å². The molecule has 4 nitrogen and oxygen atoms in total. The Morgan fingerprint density at radius 2 is 2.50 bits per heavy atom. The average molecular weight is 287 g/mol. The van der Waals surface area contributed by atoms with Crippen LogP contribution >= 0.6 is 23.5 Å². The van der Waals surface area contributed by atoms with Crippen LogP contribution in [0.3, 0.4) is 0 Å². The van der Waals surface area contributed by atoms with Crippen LogP contribution in [-0.4, -0.2) is 39.5 Å². The molecule has 2 rings (SSSR count). The van der Waals surface area contributed by atoms with E-state index in [4.69, 9.17) is 4.52 Å². The lowest BCUT2D eigenvalue weighted by atomic mass is 10.2. The molecule has 1 aliphatic heterocycles. The van der Waals surface area contributed by atoms with Crippen LogP contribution in [0, 0.1) is 0 Å². The Hall–Kier alpha value is -0.200. The minimum Gasteiger partial charge on any atom is -0.339 e. The highest BCUT2D eigenvalue weighted by Gasteiger charge is 2.17. The van der Waals surface area contributed by atoms with Gasteiger partial charge in [0.2, 0.25) is 5.89 Å². The second-order valence-electron chi connectivity index (χ2n) is 4.56. The van der Waals surface area contributed by atoms with Crippen molar-refractivity contribution in [2.45, 2.75) is 43.7 Å². The van der Waals surface area contributed by atoms with Crippen LogP contribution in [0.1, 0.15) is 32.0 Å². The van der Waals surface area contributed by atoms with E-state index in [0.717, 1.165) is 36.2 Å². The third kappa shape index (κ3) is 4.48. The van der Waals surface area contributed by atoms with E-state index in [0.29, 0.717) is 11.3 Å². The first-order chi connectivity index (χ1) is 8.78. The molecular weight excluding hydrogens is 266 g/mol. The van der Waals surface area contributed by atoms with E-state index in [2.05, 4.69) is 29.3 Å². The number of nitrogens with zero attached hydrogens (tertiary/aromatic N) is 2. The van der Waals surface area contributed by atoms with Gasteiger partial charge in [-0.2, -0.15) is 28.5 Å². The molecule has 1 fully saturated rings. The van der Waals surface area contributed by atoms with Crippen LogP contribution in [-0.2, 0) is 12.2 Å². The summed E-state index contributed by atoms with van der Waals surface area (Å²) >= 11 is 3.87. The highest BCUT2D eigenvalue weighted by atomic mass is 32.2. The summed E-state index contributed by atoms with van der Waals surface area (Å²) in [6.07, 6.45) is 2.03. The Balaban J connectivity index is 1.78. The minimum absolute atomic E-state index is 0.485. The summed E-state index contributed by atoms with van der Waals surface area (Å²) in [6.45, 7) is 5.51. The van der Waals surface area contributed by atoms with E-state index in [1.807, 2.05) is 23.5 Å². The molecule has 0 spiro atoms. The fraction of sp³-hybridized carbons (Fsp3) is 0.833. The lowest BCUT2D eigenvalue weighted by Crippen LogP contribution is -2.38. The molecule has 0 bridgehead atoms. The second kappa shape index (κ2) is 7.40. The molecule has 1 N–H and O–H groups in total. The third-order valence-corrected chi connectivity index (χ3v) is 5.46. The molecule has 1 aliphatic rings. The van der Waals surface area contributed by atoms with Crippen LogP contribution < -0.4 is 5.32 Å². The first-order valence-corrected chi connectivity index (χ1v) is 8.72. The number of hydrogen-bond acceptors (Lipinski definition) is 6. The number of thioether (sulfide) groups is 2. The van der Waals surface area contributed by atoms with E-state index >= 15 is 0 Å². The fourth-order valence-corrected chi connectivity index (χ4v) is 3.46. The van der Waals surface area contributed by atoms with E-state index in [1.165, 1.54) is 12.2 Å². The van der Waals surface area contributed by atoms with Gasteiger partial charge in [-0.15, -0.1) is 0 Å². The van der Waals surface area contributed by atoms with Gasteiger partial charge in [0, 0.05) is 35.8 Å². The number of hydrogen-bond donors (Lipinski definition) is 1. The third-order valence-electron chi connectivity index (χ3n) is 3.00. The molecule has 18 heavy (non-hydrogen) atoms. The molecule has 102 valence electrons. The van der Waals surface area contributed by atoms with Crippen molar-refractivity contribution in [3.8, 4) is 0 Å². The van der Waals surface area contributed by atoms with Crippen LogP contribution in [0.2, 0.25) is 0 Å². The van der Waals surface area contributed by atoms with Crippen molar-refractivity contribution in [2.24, 2.45) is 0 Å². The van der Waals surface area contributed by atoms with Gasteiger partial charge in [0.15, 0.2) is 5.82 Å². The van der Waals surface area contributed by atoms with Crippen molar-refractivity contribution < 1.29 is 4.52 Å². The second-order valence-corrected chi connectivity index (χ2v) is 7.14. The molecule has 0 aromatic carbocycles. The van der Waals surface area contributed by atoms with Gasteiger partial charge in [-0.25, -0.2) is 0 Å². The molecule has 0 radical (unpaired) electrons. The molecule has 2 atom stereocenters.